The molecule has 0 saturated carbocycles. The van der Waals surface area contributed by atoms with Gasteiger partial charge in [-0.1, -0.05) is 0 Å². The number of aromatic nitrogens is 2. The van der Waals surface area contributed by atoms with Crippen molar-refractivity contribution in [2.24, 2.45) is 0 Å². The van der Waals surface area contributed by atoms with Crippen molar-refractivity contribution in [3.05, 3.63) is 29.6 Å². The number of fused-ring (bicyclic) bond motifs is 1. The third-order valence-corrected chi connectivity index (χ3v) is 2.21. The second-order valence-corrected chi connectivity index (χ2v) is 3.39. The van der Waals surface area contributed by atoms with Crippen molar-refractivity contribution in [2.75, 3.05) is 6.61 Å². The van der Waals surface area contributed by atoms with Crippen LogP contribution >= 0.6 is 0 Å². The standard InChI is InChI=1S/C10H9F3N2O/c11-10(12,13)6-1-2-7-8(5-6)15-9(14-7)3-4-16/h1-2,5,16H,3-4H2,(H,14,15). The summed E-state index contributed by atoms with van der Waals surface area (Å²) in [6, 6.07) is 3.34. The number of halogens is 3. The highest BCUT2D eigenvalue weighted by Crippen LogP contribution is 2.30. The van der Waals surface area contributed by atoms with Gasteiger partial charge in [-0.05, 0) is 18.2 Å². The predicted molar refractivity (Wildman–Crippen MR) is 51.9 cm³/mol. The van der Waals surface area contributed by atoms with Crippen LogP contribution in [0, 0.1) is 0 Å². The quantitative estimate of drug-likeness (QED) is 0.830. The summed E-state index contributed by atoms with van der Waals surface area (Å²) in [5.74, 6) is 0.483. The van der Waals surface area contributed by atoms with Gasteiger partial charge in [0.2, 0.25) is 0 Å². The van der Waals surface area contributed by atoms with Crippen molar-refractivity contribution in [1.29, 1.82) is 0 Å². The summed E-state index contributed by atoms with van der Waals surface area (Å²) in [7, 11) is 0. The first-order valence-electron chi connectivity index (χ1n) is 4.67. The summed E-state index contributed by atoms with van der Waals surface area (Å²) >= 11 is 0. The molecule has 0 fully saturated rings. The summed E-state index contributed by atoms with van der Waals surface area (Å²) in [5.41, 5.74) is 0.0803. The molecule has 0 atom stereocenters. The number of aliphatic hydroxyl groups is 1. The molecule has 6 heteroatoms. The lowest BCUT2D eigenvalue weighted by Crippen LogP contribution is -2.04. The lowest BCUT2D eigenvalue weighted by molar-refractivity contribution is -0.137. The lowest BCUT2D eigenvalue weighted by atomic mass is 10.2. The molecule has 2 aromatic rings. The monoisotopic (exact) mass is 230 g/mol. The van der Waals surface area contributed by atoms with E-state index in [0.29, 0.717) is 17.8 Å². The largest absolute Gasteiger partial charge is 0.416 e. The van der Waals surface area contributed by atoms with Gasteiger partial charge in [-0.3, -0.25) is 0 Å². The van der Waals surface area contributed by atoms with Gasteiger partial charge in [0.15, 0.2) is 0 Å². The Balaban J connectivity index is 2.46. The number of imidazole rings is 1. The molecule has 0 spiro atoms. The zero-order chi connectivity index (χ0) is 11.8. The van der Waals surface area contributed by atoms with Gasteiger partial charge in [0.1, 0.15) is 5.82 Å². The van der Waals surface area contributed by atoms with Crippen LogP contribution in [0.2, 0.25) is 0 Å². The van der Waals surface area contributed by atoms with Crippen LogP contribution in [0.5, 0.6) is 0 Å². The Morgan fingerprint density at radius 1 is 1.31 bits per heavy atom. The third-order valence-electron chi connectivity index (χ3n) is 2.21. The van der Waals surface area contributed by atoms with Crippen LogP contribution in [0.4, 0.5) is 13.2 Å². The SMILES string of the molecule is OCCc1nc2cc(C(F)(F)F)ccc2[nH]1. The number of alkyl halides is 3. The first kappa shape index (κ1) is 10.9. The second-order valence-electron chi connectivity index (χ2n) is 3.39. The van der Waals surface area contributed by atoms with Crippen molar-refractivity contribution in [2.45, 2.75) is 12.6 Å². The Labute approximate surface area is 88.9 Å². The van der Waals surface area contributed by atoms with Gasteiger partial charge in [-0.15, -0.1) is 0 Å². The Kier molecular flexibility index (Phi) is 2.59. The van der Waals surface area contributed by atoms with Crippen LogP contribution in [0.15, 0.2) is 18.2 Å². The number of nitrogens with zero attached hydrogens (tertiary/aromatic N) is 1. The topological polar surface area (TPSA) is 48.9 Å². The van der Waals surface area contributed by atoms with Gasteiger partial charge >= 0.3 is 6.18 Å². The smallest absolute Gasteiger partial charge is 0.396 e. The molecule has 86 valence electrons. The molecule has 0 amide bonds. The highest BCUT2D eigenvalue weighted by Gasteiger charge is 2.30. The first-order chi connectivity index (χ1) is 7.50. The molecule has 1 aromatic carbocycles. The van der Waals surface area contributed by atoms with E-state index in [0.717, 1.165) is 12.1 Å². The van der Waals surface area contributed by atoms with E-state index < -0.39 is 11.7 Å². The zero-order valence-corrected chi connectivity index (χ0v) is 8.17. The van der Waals surface area contributed by atoms with Gasteiger partial charge in [0, 0.05) is 6.42 Å². The number of aromatic amines is 1. The van der Waals surface area contributed by atoms with Crippen molar-refractivity contribution in [3.63, 3.8) is 0 Å². The van der Waals surface area contributed by atoms with Crippen LogP contribution in [-0.4, -0.2) is 21.7 Å². The number of benzene rings is 1. The van der Waals surface area contributed by atoms with Crippen LogP contribution in [-0.2, 0) is 12.6 Å². The first-order valence-corrected chi connectivity index (χ1v) is 4.67. The average Bonchev–Trinajstić information content (AvgIpc) is 2.57. The van der Waals surface area contributed by atoms with Gasteiger partial charge < -0.3 is 10.1 Å². The normalized spacial score (nSPS) is 12.2. The average molecular weight is 230 g/mol. The van der Waals surface area contributed by atoms with Gasteiger partial charge in [0.25, 0.3) is 0 Å². The van der Waals surface area contributed by atoms with E-state index in [4.69, 9.17) is 5.11 Å². The van der Waals surface area contributed by atoms with Crippen LogP contribution in [0.1, 0.15) is 11.4 Å². The zero-order valence-electron chi connectivity index (χ0n) is 8.17. The summed E-state index contributed by atoms with van der Waals surface area (Å²) in [4.78, 5) is 6.80. The number of nitrogens with one attached hydrogen (secondary N) is 1. The molecule has 1 aromatic heterocycles. The molecule has 2 N–H and O–H groups in total. The molecular weight excluding hydrogens is 221 g/mol. The number of aliphatic hydroxyl groups excluding tert-OH is 1. The van der Waals surface area contributed by atoms with E-state index in [9.17, 15) is 13.2 Å². The second kappa shape index (κ2) is 3.79. The predicted octanol–water partition coefficient (Wildman–Crippen LogP) is 2.12. The molecular formula is C10H9F3N2O. The fraction of sp³-hybridized carbons (Fsp3) is 0.300. The van der Waals surface area contributed by atoms with E-state index >= 15 is 0 Å². The maximum Gasteiger partial charge on any atom is 0.416 e. The van der Waals surface area contributed by atoms with Gasteiger partial charge in [0.05, 0.1) is 23.2 Å². The maximum atomic E-state index is 12.4. The van der Waals surface area contributed by atoms with Crippen LogP contribution in [0.3, 0.4) is 0 Å². The third kappa shape index (κ3) is 2.01. The summed E-state index contributed by atoms with van der Waals surface area (Å²) in [5, 5.41) is 8.69. The van der Waals surface area contributed by atoms with E-state index in [1.165, 1.54) is 6.07 Å². The van der Waals surface area contributed by atoms with E-state index in [-0.39, 0.29) is 12.1 Å². The van der Waals surface area contributed by atoms with Crippen molar-refractivity contribution < 1.29 is 18.3 Å². The molecule has 2 rings (SSSR count). The Bertz CT molecular complexity index is 504. The fourth-order valence-corrected chi connectivity index (χ4v) is 1.46. The Hall–Kier alpha value is -1.56. The minimum absolute atomic E-state index is 0.0913. The molecule has 0 bridgehead atoms. The number of hydrogen-bond donors (Lipinski definition) is 2. The lowest BCUT2D eigenvalue weighted by Gasteiger charge is -2.04. The number of H-pyrrole nitrogens is 1. The number of rotatable bonds is 2. The summed E-state index contributed by atoms with van der Waals surface area (Å²) in [6.07, 6.45) is -4.06. The summed E-state index contributed by atoms with van der Waals surface area (Å²) < 4.78 is 37.2. The minimum atomic E-state index is -4.36. The Morgan fingerprint density at radius 2 is 2.06 bits per heavy atom. The molecule has 0 aliphatic rings. The van der Waals surface area contributed by atoms with Crippen molar-refractivity contribution in [3.8, 4) is 0 Å². The Morgan fingerprint density at radius 3 is 2.69 bits per heavy atom. The molecule has 0 unspecified atom stereocenters. The van der Waals surface area contributed by atoms with Crippen molar-refractivity contribution in [1.82, 2.24) is 9.97 Å². The van der Waals surface area contributed by atoms with E-state index in [1.807, 2.05) is 0 Å². The highest BCUT2D eigenvalue weighted by atomic mass is 19.4. The van der Waals surface area contributed by atoms with E-state index in [1.54, 1.807) is 0 Å². The highest BCUT2D eigenvalue weighted by molar-refractivity contribution is 5.76. The molecule has 0 aliphatic heterocycles. The van der Waals surface area contributed by atoms with Gasteiger partial charge in [-0.2, -0.15) is 13.2 Å². The van der Waals surface area contributed by atoms with Crippen LogP contribution in [0.25, 0.3) is 11.0 Å². The molecule has 0 saturated heterocycles. The molecule has 1 heterocycles. The summed E-state index contributed by atoms with van der Waals surface area (Å²) in [6.45, 7) is -0.0913. The van der Waals surface area contributed by atoms with Crippen LogP contribution < -0.4 is 0 Å². The van der Waals surface area contributed by atoms with Crippen molar-refractivity contribution >= 4 is 11.0 Å². The maximum absolute atomic E-state index is 12.4. The molecule has 0 aliphatic carbocycles. The number of hydrogen-bond acceptors (Lipinski definition) is 2. The van der Waals surface area contributed by atoms with E-state index in [2.05, 4.69) is 9.97 Å². The molecule has 0 radical (unpaired) electrons. The van der Waals surface area contributed by atoms with Gasteiger partial charge in [-0.25, -0.2) is 4.98 Å². The molecule has 3 nitrogen and oxygen atoms in total. The minimum Gasteiger partial charge on any atom is -0.396 e. The fourth-order valence-electron chi connectivity index (χ4n) is 1.46. The molecule has 16 heavy (non-hydrogen) atoms.